The quantitative estimate of drug-likeness (QED) is 0.817. The summed E-state index contributed by atoms with van der Waals surface area (Å²) in [5.74, 6) is -0.277. The second kappa shape index (κ2) is 5.09. The molecule has 2 aromatic carbocycles. The van der Waals surface area contributed by atoms with Gasteiger partial charge in [0.25, 0.3) is 10.1 Å². The molecule has 0 amide bonds. The highest BCUT2D eigenvalue weighted by atomic mass is 32.2. The molecule has 0 aliphatic heterocycles. The summed E-state index contributed by atoms with van der Waals surface area (Å²) >= 11 is 0. The van der Waals surface area contributed by atoms with E-state index in [1.165, 1.54) is 12.1 Å². The van der Waals surface area contributed by atoms with Crippen LogP contribution in [0, 0.1) is 6.92 Å². The Morgan fingerprint density at radius 1 is 1.05 bits per heavy atom. The second-order valence-electron chi connectivity index (χ2n) is 5.08. The zero-order valence-electron chi connectivity index (χ0n) is 11.4. The highest BCUT2D eigenvalue weighted by Crippen LogP contribution is 2.26. The van der Waals surface area contributed by atoms with Crippen LogP contribution in [0.2, 0.25) is 0 Å². The lowest BCUT2D eigenvalue weighted by atomic mass is 10.1. The first-order chi connectivity index (χ1) is 9.97. The van der Waals surface area contributed by atoms with E-state index in [0.29, 0.717) is 12.0 Å². The average Bonchev–Trinajstić information content (AvgIpc) is 2.76. The van der Waals surface area contributed by atoms with Crippen LogP contribution in [0.1, 0.15) is 21.5 Å². The Balaban J connectivity index is 1.85. The summed E-state index contributed by atoms with van der Waals surface area (Å²) < 4.78 is 29.6. The Labute approximate surface area is 123 Å². The lowest BCUT2D eigenvalue weighted by molar-refractivity contribution is 0.0829. The molecule has 0 saturated carbocycles. The summed E-state index contributed by atoms with van der Waals surface area (Å²) in [5, 5.41) is 0. The monoisotopic (exact) mass is 302 g/mol. The Hall–Kier alpha value is -1.98. The number of carbonyl (C=O) groups is 1. The number of benzene rings is 2. The molecule has 108 valence electrons. The van der Waals surface area contributed by atoms with Crippen LogP contribution in [0.25, 0.3) is 0 Å². The minimum absolute atomic E-state index is 0.0665. The van der Waals surface area contributed by atoms with E-state index in [2.05, 4.69) is 0 Å². The normalized spacial score (nSPS) is 17.8. The SMILES string of the molecule is Cc1ccc(S(=O)(=O)O[C@@H]2Cc3ccccc3C2=O)cc1. The fourth-order valence-electron chi connectivity index (χ4n) is 2.40. The van der Waals surface area contributed by atoms with Gasteiger partial charge in [-0.25, -0.2) is 0 Å². The molecule has 0 saturated heterocycles. The average molecular weight is 302 g/mol. The van der Waals surface area contributed by atoms with Crippen molar-refractivity contribution in [1.82, 2.24) is 0 Å². The minimum atomic E-state index is -3.93. The molecule has 4 nitrogen and oxygen atoms in total. The molecule has 0 spiro atoms. The highest BCUT2D eigenvalue weighted by molar-refractivity contribution is 7.86. The fraction of sp³-hybridized carbons (Fsp3) is 0.188. The Morgan fingerprint density at radius 3 is 2.38 bits per heavy atom. The largest absolute Gasteiger partial charge is 0.297 e. The summed E-state index contributed by atoms with van der Waals surface area (Å²) in [7, 11) is -3.93. The smallest absolute Gasteiger partial charge is 0.291 e. The van der Waals surface area contributed by atoms with Crippen molar-refractivity contribution in [1.29, 1.82) is 0 Å². The van der Waals surface area contributed by atoms with Gasteiger partial charge in [-0.3, -0.25) is 8.98 Å². The van der Waals surface area contributed by atoms with Gasteiger partial charge >= 0.3 is 0 Å². The standard InChI is InChI=1S/C16H14O4S/c1-11-6-8-13(9-7-11)21(18,19)20-15-10-12-4-2-3-5-14(12)16(15)17/h2-9,15H,10H2,1H3/t15-/m1/s1. The summed E-state index contributed by atoms with van der Waals surface area (Å²) in [4.78, 5) is 12.2. The number of rotatable bonds is 3. The summed E-state index contributed by atoms with van der Waals surface area (Å²) in [5.41, 5.74) is 2.33. The Morgan fingerprint density at radius 2 is 1.71 bits per heavy atom. The van der Waals surface area contributed by atoms with E-state index in [-0.39, 0.29) is 10.7 Å². The lowest BCUT2D eigenvalue weighted by Crippen LogP contribution is -2.24. The molecule has 2 aromatic rings. The molecule has 1 atom stereocenters. The van der Waals surface area contributed by atoms with Crippen molar-refractivity contribution in [2.75, 3.05) is 0 Å². The van der Waals surface area contributed by atoms with E-state index < -0.39 is 16.2 Å². The van der Waals surface area contributed by atoms with Crippen molar-refractivity contribution < 1.29 is 17.4 Å². The lowest BCUT2D eigenvalue weighted by Gasteiger charge is -2.10. The molecule has 5 heteroatoms. The van der Waals surface area contributed by atoms with E-state index >= 15 is 0 Å². The van der Waals surface area contributed by atoms with Crippen LogP contribution in [-0.2, 0) is 20.7 Å². The minimum Gasteiger partial charge on any atom is -0.291 e. The summed E-state index contributed by atoms with van der Waals surface area (Å²) in [6.45, 7) is 1.87. The van der Waals surface area contributed by atoms with Crippen LogP contribution in [0.3, 0.4) is 0 Å². The molecule has 3 rings (SSSR count). The first kappa shape index (κ1) is 14.0. The molecule has 0 N–H and O–H groups in total. The van der Waals surface area contributed by atoms with Gasteiger partial charge in [0.2, 0.25) is 0 Å². The van der Waals surface area contributed by atoms with E-state index in [0.717, 1.165) is 11.1 Å². The molecule has 0 unspecified atom stereocenters. The van der Waals surface area contributed by atoms with Gasteiger partial charge in [-0.1, -0.05) is 42.0 Å². The number of hydrogen-bond acceptors (Lipinski definition) is 4. The zero-order chi connectivity index (χ0) is 15.0. The maximum atomic E-state index is 12.2. The predicted molar refractivity (Wildman–Crippen MR) is 77.7 cm³/mol. The van der Waals surface area contributed by atoms with Crippen molar-refractivity contribution in [3.8, 4) is 0 Å². The Kier molecular flexibility index (Phi) is 3.39. The molecular formula is C16H14O4S. The molecule has 1 aliphatic rings. The van der Waals surface area contributed by atoms with Gasteiger partial charge in [0.05, 0.1) is 4.90 Å². The molecule has 0 radical (unpaired) electrons. The van der Waals surface area contributed by atoms with Crippen molar-refractivity contribution >= 4 is 15.9 Å². The van der Waals surface area contributed by atoms with Crippen LogP contribution >= 0.6 is 0 Å². The number of fused-ring (bicyclic) bond motifs is 1. The van der Waals surface area contributed by atoms with Gasteiger partial charge < -0.3 is 0 Å². The highest BCUT2D eigenvalue weighted by Gasteiger charge is 2.35. The van der Waals surface area contributed by atoms with Crippen LogP contribution in [0.15, 0.2) is 53.4 Å². The number of Topliss-reactive ketones (excluding diaryl/α,β-unsaturated/α-hetero) is 1. The predicted octanol–water partition coefficient (Wildman–Crippen LogP) is 2.51. The van der Waals surface area contributed by atoms with Gasteiger partial charge in [-0.2, -0.15) is 8.42 Å². The molecular weight excluding hydrogens is 288 g/mol. The van der Waals surface area contributed by atoms with Gasteiger partial charge in [0.1, 0.15) is 6.10 Å². The van der Waals surface area contributed by atoms with Crippen LogP contribution in [-0.4, -0.2) is 20.3 Å². The fourth-order valence-corrected chi connectivity index (χ4v) is 3.44. The van der Waals surface area contributed by atoms with E-state index in [1.807, 2.05) is 19.1 Å². The van der Waals surface area contributed by atoms with Crippen LogP contribution in [0.4, 0.5) is 0 Å². The molecule has 0 fully saturated rings. The van der Waals surface area contributed by atoms with Gasteiger partial charge in [0, 0.05) is 12.0 Å². The number of aryl methyl sites for hydroxylation is 1. The Bertz CT molecular complexity index is 791. The molecule has 0 heterocycles. The molecule has 1 aliphatic carbocycles. The number of carbonyl (C=O) groups excluding carboxylic acids is 1. The third-order valence-corrected chi connectivity index (χ3v) is 4.87. The van der Waals surface area contributed by atoms with E-state index in [4.69, 9.17) is 4.18 Å². The van der Waals surface area contributed by atoms with Crippen molar-refractivity contribution in [3.63, 3.8) is 0 Å². The van der Waals surface area contributed by atoms with Crippen LogP contribution in [0.5, 0.6) is 0 Å². The summed E-state index contributed by atoms with van der Waals surface area (Å²) in [6.07, 6.45) is -0.672. The summed E-state index contributed by atoms with van der Waals surface area (Å²) in [6, 6.07) is 13.4. The van der Waals surface area contributed by atoms with Gasteiger partial charge in [0.15, 0.2) is 5.78 Å². The number of hydrogen-bond donors (Lipinski definition) is 0. The second-order valence-corrected chi connectivity index (χ2v) is 6.65. The topological polar surface area (TPSA) is 60.4 Å². The third-order valence-electron chi connectivity index (χ3n) is 3.53. The van der Waals surface area contributed by atoms with Gasteiger partial charge in [-0.15, -0.1) is 0 Å². The molecule has 21 heavy (non-hydrogen) atoms. The first-order valence-corrected chi connectivity index (χ1v) is 8.00. The molecule has 0 aromatic heterocycles. The zero-order valence-corrected chi connectivity index (χ0v) is 12.3. The van der Waals surface area contributed by atoms with Crippen molar-refractivity contribution in [2.45, 2.75) is 24.3 Å². The van der Waals surface area contributed by atoms with Crippen molar-refractivity contribution in [3.05, 3.63) is 65.2 Å². The van der Waals surface area contributed by atoms with Crippen LogP contribution < -0.4 is 0 Å². The van der Waals surface area contributed by atoms with E-state index in [1.54, 1.807) is 24.3 Å². The third kappa shape index (κ3) is 2.62. The number of ketones is 1. The first-order valence-electron chi connectivity index (χ1n) is 6.59. The van der Waals surface area contributed by atoms with E-state index in [9.17, 15) is 13.2 Å². The molecule has 0 bridgehead atoms. The maximum absolute atomic E-state index is 12.2. The maximum Gasteiger partial charge on any atom is 0.297 e. The van der Waals surface area contributed by atoms with Gasteiger partial charge in [-0.05, 0) is 24.6 Å². The van der Waals surface area contributed by atoms with Crippen molar-refractivity contribution in [2.24, 2.45) is 0 Å².